The molecule has 0 aromatic heterocycles. The fourth-order valence-electron chi connectivity index (χ4n) is 2.08. The summed E-state index contributed by atoms with van der Waals surface area (Å²) in [5, 5.41) is 15.6. The molecule has 2 aromatic rings. The zero-order valence-corrected chi connectivity index (χ0v) is 11.5. The smallest absolute Gasteiger partial charge is 0.277 e. The Kier molecular flexibility index (Phi) is 4.90. The molecular weight excluding hydrogens is 256 g/mol. The minimum atomic E-state index is -0.366. The highest BCUT2D eigenvalue weighted by Crippen LogP contribution is 2.32. The van der Waals surface area contributed by atoms with Crippen LogP contribution in [0.5, 0.6) is 5.75 Å². The molecule has 0 atom stereocenters. The lowest BCUT2D eigenvalue weighted by Crippen LogP contribution is -2.21. The Morgan fingerprint density at radius 3 is 2.60 bits per heavy atom. The van der Waals surface area contributed by atoms with Crippen LogP contribution in [-0.4, -0.2) is 24.6 Å². The van der Waals surface area contributed by atoms with E-state index in [1.807, 2.05) is 12.1 Å². The third-order valence-electron chi connectivity index (χ3n) is 3.02. The van der Waals surface area contributed by atoms with E-state index in [1.165, 1.54) is 6.07 Å². The Bertz CT molecular complexity index is 599. The molecule has 106 valence electrons. The molecule has 0 aliphatic heterocycles. The molecule has 0 bridgehead atoms. The monoisotopic (exact) mass is 274 g/mol. The number of benzene rings is 2. The summed E-state index contributed by atoms with van der Waals surface area (Å²) < 4.78 is 5.72. The molecule has 0 saturated carbocycles. The standard InChI is InChI=1S/C15H18N2O3/c1-2-9-16-10-11-20-15-8-7-14(17(18)19)12-5-3-4-6-13(12)15/h3-8,16H,2,9-11H2,1H3. The summed E-state index contributed by atoms with van der Waals surface area (Å²) >= 11 is 0. The summed E-state index contributed by atoms with van der Waals surface area (Å²) in [6, 6.07) is 10.4. The third-order valence-corrected chi connectivity index (χ3v) is 3.02. The van der Waals surface area contributed by atoms with E-state index >= 15 is 0 Å². The molecule has 0 fully saturated rings. The van der Waals surface area contributed by atoms with Crippen LogP contribution in [0.4, 0.5) is 5.69 Å². The van der Waals surface area contributed by atoms with Gasteiger partial charge in [-0.15, -0.1) is 0 Å². The van der Waals surface area contributed by atoms with Crippen LogP contribution >= 0.6 is 0 Å². The maximum Gasteiger partial charge on any atom is 0.277 e. The van der Waals surface area contributed by atoms with E-state index in [2.05, 4.69) is 12.2 Å². The molecule has 0 aliphatic carbocycles. The first-order valence-corrected chi connectivity index (χ1v) is 6.73. The predicted molar refractivity (Wildman–Crippen MR) is 79.3 cm³/mol. The molecular formula is C15H18N2O3. The van der Waals surface area contributed by atoms with Gasteiger partial charge in [-0.2, -0.15) is 0 Å². The molecule has 0 spiro atoms. The van der Waals surface area contributed by atoms with Crippen molar-refractivity contribution in [3.8, 4) is 5.75 Å². The zero-order chi connectivity index (χ0) is 14.4. The second-order valence-electron chi connectivity index (χ2n) is 4.48. The summed E-state index contributed by atoms with van der Waals surface area (Å²) in [4.78, 5) is 10.6. The Hall–Kier alpha value is -2.14. The van der Waals surface area contributed by atoms with Crippen LogP contribution < -0.4 is 10.1 Å². The average Bonchev–Trinajstić information content (AvgIpc) is 2.46. The molecule has 5 heteroatoms. The molecule has 0 saturated heterocycles. The summed E-state index contributed by atoms with van der Waals surface area (Å²) in [5.41, 5.74) is 0.108. The highest BCUT2D eigenvalue weighted by molar-refractivity contribution is 5.95. The molecule has 0 unspecified atom stereocenters. The van der Waals surface area contributed by atoms with Crippen LogP contribution in [-0.2, 0) is 0 Å². The van der Waals surface area contributed by atoms with E-state index in [-0.39, 0.29) is 10.6 Å². The number of hydrogen-bond donors (Lipinski definition) is 1. The number of nitro groups is 1. The molecule has 2 rings (SSSR count). The van der Waals surface area contributed by atoms with E-state index in [0.717, 1.165) is 24.9 Å². The summed E-state index contributed by atoms with van der Waals surface area (Å²) in [7, 11) is 0. The number of non-ortho nitro benzene ring substituents is 1. The van der Waals surface area contributed by atoms with Crippen molar-refractivity contribution >= 4 is 16.5 Å². The van der Waals surface area contributed by atoms with Crippen LogP contribution in [0.3, 0.4) is 0 Å². The van der Waals surface area contributed by atoms with Crippen molar-refractivity contribution in [2.45, 2.75) is 13.3 Å². The summed E-state index contributed by atoms with van der Waals surface area (Å²) in [6.07, 6.45) is 1.08. The molecule has 1 N–H and O–H groups in total. The lowest BCUT2D eigenvalue weighted by Gasteiger charge is -2.10. The van der Waals surface area contributed by atoms with Crippen molar-refractivity contribution < 1.29 is 9.66 Å². The summed E-state index contributed by atoms with van der Waals surface area (Å²) in [5.74, 6) is 0.685. The number of nitrogens with one attached hydrogen (secondary N) is 1. The maximum atomic E-state index is 11.0. The van der Waals surface area contributed by atoms with Crippen molar-refractivity contribution in [1.82, 2.24) is 5.32 Å². The van der Waals surface area contributed by atoms with Gasteiger partial charge in [-0.3, -0.25) is 10.1 Å². The Morgan fingerprint density at radius 1 is 1.15 bits per heavy atom. The maximum absolute atomic E-state index is 11.0. The second-order valence-corrected chi connectivity index (χ2v) is 4.48. The van der Waals surface area contributed by atoms with Gasteiger partial charge in [0.2, 0.25) is 0 Å². The summed E-state index contributed by atoms with van der Waals surface area (Å²) in [6.45, 7) is 4.38. The normalized spacial score (nSPS) is 10.7. The fraction of sp³-hybridized carbons (Fsp3) is 0.333. The van der Waals surface area contributed by atoms with E-state index in [9.17, 15) is 10.1 Å². The average molecular weight is 274 g/mol. The van der Waals surface area contributed by atoms with Crippen LogP contribution in [0.25, 0.3) is 10.8 Å². The van der Waals surface area contributed by atoms with Gasteiger partial charge in [0.05, 0.1) is 10.3 Å². The number of rotatable bonds is 7. The van der Waals surface area contributed by atoms with Crippen LogP contribution in [0.1, 0.15) is 13.3 Å². The zero-order valence-electron chi connectivity index (χ0n) is 11.5. The first kappa shape index (κ1) is 14.3. The van der Waals surface area contributed by atoms with Gasteiger partial charge in [0.1, 0.15) is 12.4 Å². The SMILES string of the molecule is CCCNCCOc1ccc([N+](=O)[O-])c2ccccc12. The first-order chi connectivity index (χ1) is 9.74. The molecule has 0 heterocycles. The van der Waals surface area contributed by atoms with Gasteiger partial charge in [0, 0.05) is 18.0 Å². The number of hydrogen-bond acceptors (Lipinski definition) is 4. The molecule has 5 nitrogen and oxygen atoms in total. The van der Waals surface area contributed by atoms with E-state index in [1.54, 1.807) is 18.2 Å². The minimum Gasteiger partial charge on any atom is -0.492 e. The van der Waals surface area contributed by atoms with Crippen molar-refractivity contribution in [1.29, 1.82) is 0 Å². The molecule has 0 amide bonds. The van der Waals surface area contributed by atoms with Gasteiger partial charge in [0.25, 0.3) is 5.69 Å². The number of fused-ring (bicyclic) bond motifs is 1. The molecule has 0 aliphatic rings. The van der Waals surface area contributed by atoms with Gasteiger partial charge in [0.15, 0.2) is 0 Å². The predicted octanol–water partition coefficient (Wildman–Crippen LogP) is 3.13. The lowest BCUT2D eigenvalue weighted by atomic mass is 10.1. The quantitative estimate of drug-likeness (QED) is 0.478. The van der Waals surface area contributed by atoms with E-state index in [0.29, 0.717) is 17.7 Å². The van der Waals surface area contributed by atoms with Crippen molar-refractivity contribution in [2.75, 3.05) is 19.7 Å². The first-order valence-electron chi connectivity index (χ1n) is 6.73. The highest BCUT2D eigenvalue weighted by Gasteiger charge is 2.14. The topological polar surface area (TPSA) is 64.4 Å². The van der Waals surface area contributed by atoms with Gasteiger partial charge in [-0.25, -0.2) is 0 Å². The van der Waals surface area contributed by atoms with E-state index in [4.69, 9.17) is 4.74 Å². The Morgan fingerprint density at radius 2 is 1.90 bits per heavy atom. The van der Waals surface area contributed by atoms with Crippen molar-refractivity contribution in [3.63, 3.8) is 0 Å². The van der Waals surface area contributed by atoms with E-state index < -0.39 is 0 Å². The number of nitro benzene ring substituents is 1. The Balaban J connectivity index is 2.18. The van der Waals surface area contributed by atoms with Crippen LogP contribution in [0, 0.1) is 10.1 Å². The fourth-order valence-corrected chi connectivity index (χ4v) is 2.08. The van der Waals surface area contributed by atoms with Crippen LogP contribution in [0.2, 0.25) is 0 Å². The lowest BCUT2D eigenvalue weighted by molar-refractivity contribution is -0.383. The van der Waals surface area contributed by atoms with Gasteiger partial charge < -0.3 is 10.1 Å². The minimum absolute atomic E-state index is 0.108. The van der Waals surface area contributed by atoms with Crippen molar-refractivity contribution in [3.05, 3.63) is 46.5 Å². The number of ether oxygens (including phenoxy) is 1. The van der Waals surface area contributed by atoms with Crippen LogP contribution in [0.15, 0.2) is 36.4 Å². The highest BCUT2D eigenvalue weighted by atomic mass is 16.6. The third kappa shape index (κ3) is 3.24. The van der Waals surface area contributed by atoms with Crippen molar-refractivity contribution in [2.24, 2.45) is 0 Å². The van der Waals surface area contributed by atoms with Gasteiger partial charge in [-0.05, 0) is 25.1 Å². The molecule has 2 aromatic carbocycles. The molecule has 0 radical (unpaired) electrons. The number of nitrogens with zero attached hydrogens (tertiary/aromatic N) is 1. The van der Waals surface area contributed by atoms with Gasteiger partial charge >= 0.3 is 0 Å². The van der Waals surface area contributed by atoms with Gasteiger partial charge in [-0.1, -0.05) is 25.1 Å². The largest absolute Gasteiger partial charge is 0.492 e. The second kappa shape index (κ2) is 6.86. The molecule has 20 heavy (non-hydrogen) atoms. The Labute approximate surface area is 117 Å².